The van der Waals surface area contributed by atoms with Crippen molar-refractivity contribution in [1.29, 1.82) is 0 Å². The minimum Gasteiger partial charge on any atom is -0.371 e. The zero-order valence-corrected chi connectivity index (χ0v) is 19.3. The molecule has 1 amide bonds. The number of halogens is 1. The molecule has 1 atom stereocenters. The van der Waals surface area contributed by atoms with E-state index in [2.05, 4.69) is 26.1 Å². The van der Waals surface area contributed by atoms with E-state index in [4.69, 9.17) is 0 Å². The molecule has 2 aromatic carbocycles. The monoisotopic (exact) mass is 479 g/mol. The molecular formula is C21H26BrN3O3S. The molecule has 0 bridgehead atoms. The van der Waals surface area contributed by atoms with E-state index in [0.29, 0.717) is 5.56 Å². The van der Waals surface area contributed by atoms with Crippen LogP contribution in [0.15, 0.2) is 51.8 Å². The van der Waals surface area contributed by atoms with Crippen LogP contribution < -0.4 is 10.2 Å². The van der Waals surface area contributed by atoms with Crippen LogP contribution in [0, 0.1) is 0 Å². The summed E-state index contributed by atoms with van der Waals surface area (Å²) < 4.78 is 27.3. The number of nitrogens with zero attached hydrogens (tertiary/aromatic N) is 2. The normalized spacial score (nSPS) is 15.6. The number of rotatable bonds is 6. The van der Waals surface area contributed by atoms with Crippen molar-refractivity contribution in [2.75, 3.05) is 32.1 Å². The molecule has 8 heteroatoms. The third-order valence-electron chi connectivity index (χ3n) is 5.16. The fraction of sp³-hybridized carbons (Fsp3) is 0.381. The summed E-state index contributed by atoms with van der Waals surface area (Å²) in [4.78, 5) is 15.5. The lowest BCUT2D eigenvalue weighted by molar-refractivity contribution is 0.0940. The van der Waals surface area contributed by atoms with Gasteiger partial charge in [0.05, 0.1) is 16.5 Å². The Balaban J connectivity index is 1.98. The number of benzene rings is 2. The van der Waals surface area contributed by atoms with Crippen LogP contribution in [0.1, 0.15) is 41.7 Å². The largest absolute Gasteiger partial charge is 0.371 e. The molecule has 0 aliphatic carbocycles. The van der Waals surface area contributed by atoms with Crippen molar-refractivity contribution in [3.8, 4) is 0 Å². The molecule has 0 saturated carbocycles. The van der Waals surface area contributed by atoms with Crippen molar-refractivity contribution in [2.45, 2.75) is 30.7 Å². The molecule has 29 heavy (non-hydrogen) atoms. The van der Waals surface area contributed by atoms with Crippen molar-refractivity contribution in [2.24, 2.45) is 0 Å². The molecule has 1 saturated heterocycles. The standard InChI is InChI=1S/C21H26BrN3O3S/c1-15(17-8-4-5-9-19(17)22)23-21(26)18-14-16(29(27,28)24(2)3)10-11-20(18)25-12-6-7-13-25/h4-5,8-11,14-15H,6-7,12-13H2,1-3H3,(H,23,26). The molecule has 1 fully saturated rings. The maximum atomic E-state index is 13.2. The highest BCUT2D eigenvalue weighted by atomic mass is 79.9. The first kappa shape index (κ1) is 21.8. The highest BCUT2D eigenvalue weighted by Gasteiger charge is 2.25. The van der Waals surface area contributed by atoms with Gasteiger partial charge in [-0.25, -0.2) is 12.7 Å². The number of carbonyl (C=O) groups excluding carboxylic acids is 1. The Hall–Kier alpha value is -1.90. The van der Waals surface area contributed by atoms with E-state index in [1.165, 1.54) is 20.2 Å². The zero-order chi connectivity index (χ0) is 21.2. The number of nitrogens with one attached hydrogen (secondary N) is 1. The Labute approximate surface area is 181 Å². The summed E-state index contributed by atoms with van der Waals surface area (Å²) in [5.74, 6) is -0.286. The summed E-state index contributed by atoms with van der Waals surface area (Å²) in [5, 5.41) is 3.02. The van der Waals surface area contributed by atoms with Crippen LogP contribution >= 0.6 is 15.9 Å². The summed E-state index contributed by atoms with van der Waals surface area (Å²) in [6.45, 7) is 3.63. The highest BCUT2D eigenvalue weighted by Crippen LogP contribution is 2.29. The van der Waals surface area contributed by atoms with Crippen LogP contribution in [0.3, 0.4) is 0 Å². The van der Waals surface area contributed by atoms with Gasteiger partial charge in [-0.2, -0.15) is 0 Å². The summed E-state index contributed by atoms with van der Waals surface area (Å²) in [7, 11) is -0.664. The van der Waals surface area contributed by atoms with Gasteiger partial charge in [0.15, 0.2) is 0 Å². The van der Waals surface area contributed by atoms with Crippen molar-refractivity contribution >= 4 is 37.5 Å². The quantitative estimate of drug-likeness (QED) is 0.683. The van der Waals surface area contributed by atoms with Crippen LogP contribution in [0.4, 0.5) is 5.69 Å². The van der Waals surface area contributed by atoms with Crippen LogP contribution in [-0.2, 0) is 10.0 Å². The average molecular weight is 480 g/mol. The predicted octanol–water partition coefficient (Wildman–Crippen LogP) is 3.79. The van der Waals surface area contributed by atoms with Gasteiger partial charge in [-0.05, 0) is 49.6 Å². The van der Waals surface area contributed by atoms with Gasteiger partial charge in [0.2, 0.25) is 10.0 Å². The van der Waals surface area contributed by atoms with E-state index in [-0.39, 0.29) is 16.8 Å². The first-order valence-corrected chi connectivity index (χ1v) is 11.8. The van der Waals surface area contributed by atoms with E-state index in [1.54, 1.807) is 12.1 Å². The third kappa shape index (κ3) is 4.65. The zero-order valence-electron chi connectivity index (χ0n) is 16.9. The maximum Gasteiger partial charge on any atom is 0.253 e. The fourth-order valence-corrected chi connectivity index (χ4v) is 5.04. The average Bonchev–Trinajstić information content (AvgIpc) is 3.22. The van der Waals surface area contributed by atoms with E-state index in [1.807, 2.05) is 31.2 Å². The SMILES string of the molecule is CC(NC(=O)c1cc(S(=O)(=O)N(C)C)ccc1N1CCCC1)c1ccccc1Br. The molecule has 2 aromatic rings. The maximum absolute atomic E-state index is 13.2. The minimum absolute atomic E-state index is 0.115. The van der Waals surface area contributed by atoms with Crippen molar-refractivity contribution in [3.05, 3.63) is 58.1 Å². The van der Waals surface area contributed by atoms with Gasteiger partial charge in [-0.15, -0.1) is 0 Å². The Morgan fingerprint density at radius 1 is 1.14 bits per heavy atom. The Morgan fingerprint density at radius 3 is 2.41 bits per heavy atom. The Kier molecular flexibility index (Phi) is 6.65. The smallest absolute Gasteiger partial charge is 0.253 e. The molecule has 1 N–H and O–H groups in total. The first-order chi connectivity index (χ1) is 13.7. The third-order valence-corrected chi connectivity index (χ3v) is 7.69. The van der Waals surface area contributed by atoms with Gasteiger partial charge < -0.3 is 10.2 Å². The number of carbonyl (C=O) groups is 1. The second-order valence-electron chi connectivity index (χ2n) is 7.38. The van der Waals surface area contributed by atoms with Gasteiger partial charge in [0.1, 0.15) is 0 Å². The lowest BCUT2D eigenvalue weighted by atomic mass is 10.1. The highest BCUT2D eigenvalue weighted by molar-refractivity contribution is 9.10. The molecule has 1 heterocycles. The van der Waals surface area contributed by atoms with Crippen molar-refractivity contribution in [3.63, 3.8) is 0 Å². The lowest BCUT2D eigenvalue weighted by Crippen LogP contribution is -2.30. The molecule has 0 aromatic heterocycles. The number of anilines is 1. The van der Waals surface area contributed by atoms with Gasteiger partial charge in [0, 0.05) is 37.3 Å². The summed E-state index contributed by atoms with van der Waals surface area (Å²) >= 11 is 3.52. The second kappa shape index (κ2) is 8.85. The Morgan fingerprint density at radius 2 is 1.79 bits per heavy atom. The number of hydrogen-bond acceptors (Lipinski definition) is 4. The first-order valence-electron chi connectivity index (χ1n) is 9.58. The molecule has 1 aliphatic rings. The van der Waals surface area contributed by atoms with Gasteiger partial charge in [-0.3, -0.25) is 4.79 Å². The molecule has 156 valence electrons. The lowest BCUT2D eigenvalue weighted by Gasteiger charge is -2.23. The molecular weight excluding hydrogens is 454 g/mol. The predicted molar refractivity (Wildman–Crippen MR) is 119 cm³/mol. The van der Waals surface area contributed by atoms with Gasteiger partial charge in [-0.1, -0.05) is 34.1 Å². The van der Waals surface area contributed by atoms with Crippen LogP contribution in [-0.4, -0.2) is 45.8 Å². The summed E-state index contributed by atoms with van der Waals surface area (Å²) in [6.07, 6.45) is 2.12. The molecule has 1 unspecified atom stereocenters. The van der Waals surface area contributed by atoms with E-state index in [9.17, 15) is 13.2 Å². The summed E-state index contributed by atoms with van der Waals surface area (Å²) in [5.41, 5.74) is 2.12. The van der Waals surface area contributed by atoms with E-state index >= 15 is 0 Å². The van der Waals surface area contributed by atoms with E-state index in [0.717, 1.165) is 46.0 Å². The van der Waals surface area contributed by atoms with Crippen LogP contribution in [0.2, 0.25) is 0 Å². The Bertz CT molecular complexity index is 1000. The topological polar surface area (TPSA) is 69.7 Å². The van der Waals surface area contributed by atoms with Gasteiger partial charge in [0.25, 0.3) is 5.91 Å². The molecule has 3 rings (SSSR count). The minimum atomic E-state index is -3.63. The van der Waals surface area contributed by atoms with Crippen LogP contribution in [0.25, 0.3) is 0 Å². The van der Waals surface area contributed by atoms with E-state index < -0.39 is 10.0 Å². The molecule has 1 aliphatic heterocycles. The van der Waals surface area contributed by atoms with Crippen molar-refractivity contribution in [1.82, 2.24) is 9.62 Å². The van der Waals surface area contributed by atoms with Crippen LogP contribution in [0.5, 0.6) is 0 Å². The number of hydrogen-bond donors (Lipinski definition) is 1. The molecule has 0 radical (unpaired) electrons. The van der Waals surface area contributed by atoms with Crippen molar-refractivity contribution < 1.29 is 13.2 Å². The summed E-state index contributed by atoms with van der Waals surface area (Å²) in [6, 6.07) is 12.3. The molecule has 0 spiro atoms. The number of sulfonamides is 1. The second-order valence-corrected chi connectivity index (χ2v) is 10.4. The number of amides is 1. The van der Waals surface area contributed by atoms with Gasteiger partial charge >= 0.3 is 0 Å². The molecule has 6 nitrogen and oxygen atoms in total. The fourth-order valence-electron chi connectivity index (χ4n) is 3.48.